The van der Waals surface area contributed by atoms with Gasteiger partial charge in [-0.25, -0.2) is 4.79 Å². The highest BCUT2D eigenvalue weighted by Gasteiger charge is 2.26. The molecule has 0 aromatic rings. The first-order valence-electron chi connectivity index (χ1n) is 7.12. The summed E-state index contributed by atoms with van der Waals surface area (Å²) in [6, 6.07) is 0. The molecule has 1 saturated carbocycles. The first-order valence-corrected chi connectivity index (χ1v) is 7.12. The van der Waals surface area contributed by atoms with Gasteiger partial charge in [0.1, 0.15) is 0 Å². The van der Waals surface area contributed by atoms with Crippen LogP contribution in [-0.4, -0.2) is 24.9 Å². The molecule has 19 heavy (non-hydrogen) atoms. The second kappa shape index (κ2) is 8.73. The van der Waals surface area contributed by atoms with Crippen molar-refractivity contribution >= 4 is 11.7 Å². The zero-order valence-corrected chi connectivity index (χ0v) is 12.1. The van der Waals surface area contributed by atoms with Crippen molar-refractivity contribution in [3.05, 3.63) is 12.7 Å². The highest BCUT2D eigenvalue weighted by Crippen LogP contribution is 2.33. The van der Waals surface area contributed by atoms with Crippen molar-refractivity contribution in [3.8, 4) is 0 Å². The van der Waals surface area contributed by atoms with E-state index in [0.29, 0.717) is 18.4 Å². The first kappa shape index (κ1) is 15.7. The molecule has 0 bridgehead atoms. The van der Waals surface area contributed by atoms with Crippen LogP contribution in [0.1, 0.15) is 46.0 Å². The topological polar surface area (TPSA) is 47.9 Å². The van der Waals surface area contributed by atoms with Crippen LogP contribution in [0.3, 0.4) is 0 Å². The Kier molecular flexibility index (Phi) is 7.23. The smallest absolute Gasteiger partial charge is 0.347 e. The van der Waals surface area contributed by atoms with Crippen LogP contribution in [0.2, 0.25) is 0 Å². The zero-order chi connectivity index (χ0) is 14.1. The number of ether oxygens (including phenoxy) is 1. The van der Waals surface area contributed by atoms with Crippen LogP contribution in [-0.2, 0) is 14.4 Å². The fraction of sp³-hybridized carbons (Fsp3) is 0.733. The van der Waals surface area contributed by atoms with Gasteiger partial charge in [0.05, 0.1) is 12.3 Å². The molecule has 108 valence electrons. The van der Waals surface area contributed by atoms with Crippen molar-refractivity contribution in [1.82, 2.24) is 0 Å². The molecule has 1 aliphatic carbocycles. The van der Waals surface area contributed by atoms with E-state index in [2.05, 4.69) is 11.7 Å². The molecule has 0 radical (unpaired) electrons. The van der Waals surface area contributed by atoms with Gasteiger partial charge in [0.15, 0.2) is 0 Å². The lowest BCUT2D eigenvalue weighted by atomic mass is 9.75. The molecular formula is C15H25NO3. The van der Waals surface area contributed by atoms with Crippen molar-refractivity contribution in [1.29, 1.82) is 0 Å². The molecule has 0 saturated heterocycles. The SMILES string of the molecule is C=CC[C@H]1CCCC[C@@H]1/C(C)=N/OCC(=O)OCC. The third-order valence-electron chi connectivity index (χ3n) is 3.61. The van der Waals surface area contributed by atoms with Crippen LogP contribution in [0, 0.1) is 11.8 Å². The third-order valence-corrected chi connectivity index (χ3v) is 3.61. The predicted octanol–water partition coefficient (Wildman–Crippen LogP) is 3.32. The zero-order valence-electron chi connectivity index (χ0n) is 12.1. The number of hydrogen-bond acceptors (Lipinski definition) is 4. The van der Waals surface area contributed by atoms with E-state index >= 15 is 0 Å². The van der Waals surface area contributed by atoms with Crippen LogP contribution in [0.4, 0.5) is 0 Å². The maximum absolute atomic E-state index is 11.1. The summed E-state index contributed by atoms with van der Waals surface area (Å²) in [5, 5.41) is 4.08. The molecule has 0 unspecified atom stereocenters. The quantitative estimate of drug-likeness (QED) is 0.308. The molecule has 4 heteroatoms. The number of carbonyl (C=O) groups is 1. The Balaban J connectivity index is 2.46. The number of hydrogen-bond donors (Lipinski definition) is 0. The Morgan fingerprint density at radius 2 is 2.16 bits per heavy atom. The minimum absolute atomic E-state index is 0.107. The lowest BCUT2D eigenvalue weighted by Gasteiger charge is -2.30. The molecule has 0 N–H and O–H groups in total. The Morgan fingerprint density at radius 3 is 2.84 bits per heavy atom. The second-order valence-electron chi connectivity index (χ2n) is 4.99. The normalized spacial score (nSPS) is 23.8. The summed E-state index contributed by atoms with van der Waals surface area (Å²) in [7, 11) is 0. The van der Waals surface area contributed by atoms with Crippen LogP contribution in [0.25, 0.3) is 0 Å². The summed E-state index contributed by atoms with van der Waals surface area (Å²) in [6.07, 6.45) is 7.90. The van der Waals surface area contributed by atoms with Gasteiger partial charge in [-0.2, -0.15) is 0 Å². The van der Waals surface area contributed by atoms with E-state index in [0.717, 1.165) is 18.6 Å². The molecule has 0 aromatic carbocycles. The highest BCUT2D eigenvalue weighted by molar-refractivity contribution is 5.84. The lowest BCUT2D eigenvalue weighted by molar-refractivity contribution is -0.148. The Morgan fingerprint density at radius 1 is 1.42 bits per heavy atom. The van der Waals surface area contributed by atoms with Crippen molar-refractivity contribution in [3.63, 3.8) is 0 Å². The van der Waals surface area contributed by atoms with Crippen LogP contribution in [0.5, 0.6) is 0 Å². The maximum atomic E-state index is 11.1. The van der Waals surface area contributed by atoms with E-state index in [1.165, 1.54) is 19.3 Å². The van der Waals surface area contributed by atoms with Gasteiger partial charge in [0.25, 0.3) is 0 Å². The van der Waals surface area contributed by atoms with Crippen molar-refractivity contribution in [2.45, 2.75) is 46.0 Å². The van der Waals surface area contributed by atoms with Crippen molar-refractivity contribution in [2.24, 2.45) is 17.0 Å². The number of allylic oxidation sites excluding steroid dienone is 1. The Hall–Kier alpha value is -1.32. The van der Waals surface area contributed by atoms with Crippen molar-refractivity contribution in [2.75, 3.05) is 13.2 Å². The van der Waals surface area contributed by atoms with E-state index in [1.807, 2.05) is 13.0 Å². The second-order valence-corrected chi connectivity index (χ2v) is 4.99. The Labute approximate surface area is 115 Å². The average Bonchev–Trinajstić information content (AvgIpc) is 2.40. The molecule has 0 amide bonds. The Bertz CT molecular complexity index is 325. The van der Waals surface area contributed by atoms with E-state index in [4.69, 9.17) is 9.57 Å². The number of nitrogens with zero attached hydrogens (tertiary/aromatic N) is 1. The van der Waals surface area contributed by atoms with Crippen LogP contribution in [0.15, 0.2) is 17.8 Å². The van der Waals surface area contributed by atoms with Crippen LogP contribution >= 0.6 is 0 Å². The van der Waals surface area contributed by atoms with Gasteiger partial charge in [-0.05, 0) is 39.0 Å². The summed E-state index contributed by atoms with van der Waals surface area (Å²) in [4.78, 5) is 16.2. The largest absolute Gasteiger partial charge is 0.463 e. The first-order chi connectivity index (χ1) is 9.19. The summed E-state index contributed by atoms with van der Waals surface area (Å²) in [5.41, 5.74) is 0.982. The van der Waals surface area contributed by atoms with Gasteiger partial charge in [-0.3, -0.25) is 0 Å². The van der Waals surface area contributed by atoms with E-state index in [1.54, 1.807) is 6.92 Å². The molecule has 1 fully saturated rings. The van der Waals surface area contributed by atoms with Gasteiger partial charge in [-0.1, -0.05) is 24.1 Å². The predicted molar refractivity (Wildman–Crippen MR) is 76.0 cm³/mol. The number of esters is 1. The fourth-order valence-electron chi connectivity index (χ4n) is 2.71. The minimum Gasteiger partial charge on any atom is -0.463 e. The van der Waals surface area contributed by atoms with Crippen LogP contribution < -0.4 is 0 Å². The molecule has 0 heterocycles. The van der Waals surface area contributed by atoms with E-state index < -0.39 is 0 Å². The summed E-state index contributed by atoms with van der Waals surface area (Å²) in [5.74, 6) is 0.695. The highest BCUT2D eigenvalue weighted by atomic mass is 16.7. The molecule has 1 rings (SSSR count). The molecule has 0 aliphatic heterocycles. The van der Waals surface area contributed by atoms with Gasteiger partial charge in [-0.15, -0.1) is 6.58 Å². The van der Waals surface area contributed by atoms with E-state index in [-0.39, 0.29) is 12.6 Å². The van der Waals surface area contributed by atoms with Crippen molar-refractivity contribution < 1.29 is 14.4 Å². The minimum atomic E-state index is -0.370. The molecule has 1 aliphatic rings. The molecule has 2 atom stereocenters. The summed E-state index contributed by atoms with van der Waals surface area (Å²) in [6.45, 7) is 7.84. The lowest BCUT2D eigenvalue weighted by Crippen LogP contribution is -2.25. The monoisotopic (exact) mass is 267 g/mol. The molecule has 0 spiro atoms. The van der Waals surface area contributed by atoms with Gasteiger partial charge in [0, 0.05) is 5.92 Å². The third kappa shape index (κ3) is 5.45. The standard InChI is InChI=1S/C15H25NO3/c1-4-8-13-9-6-7-10-14(13)12(3)16-19-11-15(17)18-5-2/h4,13-14H,1,5-11H2,2-3H3/b16-12+/t13-,14+/m0/s1. The number of oxime groups is 1. The maximum Gasteiger partial charge on any atom is 0.347 e. The van der Waals surface area contributed by atoms with E-state index in [9.17, 15) is 4.79 Å². The van der Waals surface area contributed by atoms with Gasteiger partial charge < -0.3 is 9.57 Å². The number of rotatable bonds is 7. The average molecular weight is 267 g/mol. The summed E-state index contributed by atoms with van der Waals surface area (Å²) >= 11 is 0. The summed E-state index contributed by atoms with van der Waals surface area (Å²) < 4.78 is 4.78. The molecular weight excluding hydrogens is 242 g/mol. The number of carbonyl (C=O) groups excluding carboxylic acids is 1. The van der Waals surface area contributed by atoms with Gasteiger partial charge >= 0.3 is 5.97 Å². The molecule has 4 nitrogen and oxygen atoms in total. The van der Waals surface area contributed by atoms with Gasteiger partial charge in [0.2, 0.25) is 6.61 Å². The molecule has 0 aromatic heterocycles. The fourth-order valence-corrected chi connectivity index (χ4v) is 2.71.